The first-order chi connectivity index (χ1) is 8.33. The van der Waals surface area contributed by atoms with Gasteiger partial charge in [-0.3, -0.25) is 0 Å². The molecule has 2 N–H and O–H groups in total. The fourth-order valence-electron chi connectivity index (χ4n) is 2.89. The molecule has 1 aliphatic rings. The van der Waals surface area contributed by atoms with Crippen molar-refractivity contribution in [1.82, 2.24) is 0 Å². The van der Waals surface area contributed by atoms with E-state index in [4.69, 9.17) is 5.73 Å². The smallest absolute Gasteiger partial charge is 0.0399 e. The van der Waals surface area contributed by atoms with Crippen molar-refractivity contribution in [2.45, 2.75) is 44.6 Å². The maximum atomic E-state index is 5.69. The summed E-state index contributed by atoms with van der Waals surface area (Å²) in [7, 11) is 2.24. The number of hydrogen-bond donors (Lipinski definition) is 1. The Morgan fingerprint density at radius 2 is 1.88 bits per heavy atom. The van der Waals surface area contributed by atoms with Crippen LogP contribution in [0, 0.1) is 0 Å². The highest BCUT2D eigenvalue weighted by molar-refractivity contribution is 5.54. The minimum Gasteiger partial charge on any atom is -0.371 e. The van der Waals surface area contributed by atoms with Crippen LogP contribution in [0.15, 0.2) is 24.3 Å². The monoisotopic (exact) mass is 232 g/mol. The van der Waals surface area contributed by atoms with Crippen LogP contribution in [0.1, 0.15) is 37.7 Å². The number of nitrogens with two attached hydrogens (primary N) is 1. The highest BCUT2D eigenvalue weighted by Gasteiger charge is 2.19. The van der Waals surface area contributed by atoms with E-state index in [1.165, 1.54) is 43.4 Å². The summed E-state index contributed by atoms with van der Waals surface area (Å²) < 4.78 is 0. The molecule has 1 saturated carbocycles. The zero-order valence-corrected chi connectivity index (χ0v) is 10.9. The normalized spacial score (nSPS) is 17.1. The second kappa shape index (κ2) is 6.06. The molecule has 0 bridgehead atoms. The van der Waals surface area contributed by atoms with Crippen LogP contribution in [0.25, 0.3) is 0 Å². The topological polar surface area (TPSA) is 29.3 Å². The number of nitrogens with zero attached hydrogens (tertiary/aromatic N) is 1. The van der Waals surface area contributed by atoms with Crippen molar-refractivity contribution in [3.63, 3.8) is 0 Å². The summed E-state index contributed by atoms with van der Waals surface area (Å²) in [6, 6.07) is 9.42. The van der Waals surface area contributed by atoms with Crippen molar-refractivity contribution < 1.29 is 0 Å². The van der Waals surface area contributed by atoms with E-state index < -0.39 is 0 Å². The van der Waals surface area contributed by atoms with E-state index in [9.17, 15) is 0 Å². The minimum atomic E-state index is 0.725. The number of rotatable bonds is 4. The zero-order valence-electron chi connectivity index (χ0n) is 10.9. The molecule has 17 heavy (non-hydrogen) atoms. The van der Waals surface area contributed by atoms with E-state index in [-0.39, 0.29) is 0 Å². The summed E-state index contributed by atoms with van der Waals surface area (Å²) in [6.45, 7) is 0.732. The Labute approximate surface area is 105 Å². The van der Waals surface area contributed by atoms with E-state index in [0.717, 1.165) is 19.0 Å². The Morgan fingerprint density at radius 3 is 2.59 bits per heavy atom. The van der Waals surface area contributed by atoms with Crippen molar-refractivity contribution in [1.29, 1.82) is 0 Å². The van der Waals surface area contributed by atoms with Gasteiger partial charge in [0.05, 0.1) is 0 Å². The summed E-state index contributed by atoms with van der Waals surface area (Å²) in [5, 5.41) is 0. The van der Waals surface area contributed by atoms with Gasteiger partial charge in [-0.1, -0.05) is 37.5 Å². The third kappa shape index (κ3) is 3.01. The number of anilines is 1. The molecule has 0 radical (unpaired) electrons. The van der Waals surface area contributed by atoms with Crippen LogP contribution in [-0.4, -0.2) is 19.6 Å². The largest absolute Gasteiger partial charge is 0.371 e. The van der Waals surface area contributed by atoms with Gasteiger partial charge >= 0.3 is 0 Å². The van der Waals surface area contributed by atoms with Gasteiger partial charge in [-0.15, -0.1) is 0 Å². The van der Waals surface area contributed by atoms with E-state index >= 15 is 0 Å². The Balaban J connectivity index is 2.14. The predicted octanol–water partition coefficient (Wildman–Crippen LogP) is 2.96. The Hall–Kier alpha value is -1.02. The van der Waals surface area contributed by atoms with Crippen LogP contribution in [-0.2, 0) is 6.42 Å². The van der Waals surface area contributed by atoms with Gasteiger partial charge in [-0.05, 0) is 37.4 Å². The lowest BCUT2D eigenvalue weighted by Crippen LogP contribution is -2.34. The van der Waals surface area contributed by atoms with E-state index in [2.05, 4.69) is 36.2 Å². The lowest BCUT2D eigenvalue weighted by Gasteiger charge is -2.34. The van der Waals surface area contributed by atoms with Gasteiger partial charge in [-0.2, -0.15) is 0 Å². The molecule has 0 heterocycles. The maximum Gasteiger partial charge on any atom is 0.0399 e. The first kappa shape index (κ1) is 12.4. The molecular weight excluding hydrogens is 208 g/mol. The van der Waals surface area contributed by atoms with E-state index in [1.807, 2.05) is 0 Å². The molecule has 1 aliphatic carbocycles. The quantitative estimate of drug-likeness (QED) is 0.865. The summed E-state index contributed by atoms with van der Waals surface area (Å²) in [5.74, 6) is 0. The average molecular weight is 232 g/mol. The second-order valence-electron chi connectivity index (χ2n) is 5.07. The van der Waals surface area contributed by atoms with Crippen LogP contribution in [0.3, 0.4) is 0 Å². The fourth-order valence-corrected chi connectivity index (χ4v) is 2.89. The van der Waals surface area contributed by atoms with Crippen molar-refractivity contribution >= 4 is 5.69 Å². The van der Waals surface area contributed by atoms with Crippen LogP contribution in [0.5, 0.6) is 0 Å². The van der Waals surface area contributed by atoms with Gasteiger partial charge in [0.2, 0.25) is 0 Å². The molecule has 2 heteroatoms. The molecule has 94 valence electrons. The van der Waals surface area contributed by atoms with Crippen LogP contribution in [0.2, 0.25) is 0 Å². The SMILES string of the molecule is CN(c1ccccc1CCN)C1CCCCC1. The van der Waals surface area contributed by atoms with Crippen molar-refractivity contribution in [3.8, 4) is 0 Å². The molecule has 0 saturated heterocycles. The first-order valence-corrected chi connectivity index (χ1v) is 6.83. The molecule has 1 aromatic rings. The Bertz CT molecular complexity index is 343. The highest BCUT2D eigenvalue weighted by atomic mass is 15.1. The van der Waals surface area contributed by atoms with Crippen LogP contribution >= 0.6 is 0 Å². The zero-order chi connectivity index (χ0) is 12.1. The lowest BCUT2D eigenvalue weighted by molar-refractivity contribution is 0.427. The molecule has 0 amide bonds. The first-order valence-electron chi connectivity index (χ1n) is 6.83. The third-order valence-electron chi connectivity index (χ3n) is 3.91. The number of hydrogen-bond acceptors (Lipinski definition) is 2. The molecule has 2 nitrogen and oxygen atoms in total. The van der Waals surface area contributed by atoms with Crippen molar-refractivity contribution in [2.75, 3.05) is 18.5 Å². The Morgan fingerprint density at radius 1 is 1.18 bits per heavy atom. The summed E-state index contributed by atoms with van der Waals surface area (Å²) >= 11 is 0. The van der Waals surface area contributed by atoms with Gasteiger partial charge in [0.25, 0.3) is 0 Å². The molecule has 1 fully saturated rings. The molecule has 0 aliphatic heterocycles. The Kier molecular flexibility index (Phi) is 4.43. The fraction of sp³-hybridized carbons (Fsp3) is 0.600. The third-order valence-corrected chi connectivity index (χ3v) is 3.91. The second-order valence-corrected chi connectivity index (χ2v) is 5.07. The molecule has 2 rings (SSSR count). The van der Waals surface area contributed by atoms with Gasteiger partial charge in [0.1, 0.15) is 0 Å². The van der Waals surface area contributed by atoms with E-state index in [1.54, 1.807) is 0 Å². The molecule has 1 aromatic carbocycles. The van der Waals surface area contributed by atoms with Gasteiger partial charge in [0.15, 0.2) is 0 Å². The van der Waals surface area contributed by atoms with Gasteiger partial charge in [0, 0.05) is 18.8 Å². The average Bonchev–Trinajstić information content (AvgIpc) is 2.40. The minimum absolute atomic E-state index is 0.725. The van der Waals surface area contributed by atoms with Crippen molar-refractivity contribution in [3.05, 3.63) is 29.8 Å². The number of para-hydroxylation sites is 1. The standard InChI is InChI=1S/C15H24N2/c1-17(14-8-3-2-4-9-14)15-10-6-5-7-13(15)11-12-16/h5-7,10,14H,2-4,8-9,11-12,16H2,1H3. The molecule has 0 spiro atoms. The van der Waals surface area contributed by atoms with Gasteiger partial charge < -0.3 is 10.6 Å². The molecule has 0 unspecified atom stereocenters. The maximum absolute atomic E-state index is 5.69. The predicted molar refractivity (Wildman–Crippen MR) is 74.5 cm³/mol. The molecule has 0 aromatic heterocycles. The van der Waals surface area contributed by atoms with Crippen molar-refractivity contribution in [2.24, 2.45) is 5.73 Å². The van der Waals surface area contributed by atoms with E-state index in [0.29, 0.717) is 0 Å². The van der Waals surface area contributed by atoms with Crippen LogP contribution < -0.4 is 10.6 Å². The number of benzene rings is 1. The molecular formula is C15H24N2. The summed E-state index contributed by atoms with van der Waals surface area (Å²) in [6.07, 6.45) is 7.84. The summed E-state index contributed by atoms with van der Waals surface area (Å²) in [5.41, 5.74) is 8.46. The van der Waals surface area contributed by atoms with Crippen LogP contribution in [0.4, 0.5) is 5.69 Å². The molecule has 0 atom stereocenters. The lowest BCUT2D eigenvalue weighted by atomic mass is 9.93. The highest BCUT2D eigenvalue weighted by Crippen LogP contribution is 2.28. The summed E-state index contributed by atoms with van der Waals surface area (Å²) in [4.78, 5) is 2.48. The van der Waals surface area contributed by atoms with Gasteiger partial charge in [-0.25, -0.2) is 0 Å².